The Labute approximate surface area is 181 Å². The molecular formula is C24H26ClN3O2. The quantitative estimate of drug-likeness (QED) is 0.636. The molecule has 3 aromatic rings. The van der Waals surface area contributed by atoms with E-state index < -0.39 is 5.54 Å². The maximum atomic E-state index is 13.7. The molecule has 0 fully saturated rings. The number of hydrogen-bond acceptors (Lipinski definition) is 2. The van der Waals surface area contributed by atoms with Crippen LogP contribution in [0, 0.1) is 5.92 Å². The summed E-state index contributed by atoms with van der Waals surface area (Å²) < 4.78 is 1.96. The molecule has 1 aromatic heterocycles. The fourth-order valence-corrected chi connectivity index (χ4v) is 4.32. The lowest BCUT2D eigenvalue weighted by Crippen LogP contribution is -2.64. The second kappa shape index (κ2) is 7.80. The lowest BCUT2D eigenvalue weighted by molar-refractivity contribution is -0.126. The maximum absolute atomic E-state index is 13.7. The van der Waals surface area contributed by atoms with Crippen molar-refractivity contribution in [2.45, 2.75) is 39.3 Å². The van der Waals surface area contributed by atoms with Gasteiger partial charge in [-0.1, -0.05) is 49.7 Å². The van der Waals surface area contributed by atoms with Gasteiger partial charge in [-0.25, -0.2) is 0 Å². The van der Waals surface area contributed by atoms with Gasteiger partial charge >= 0.3 is 0 Å². The SMILES string of the molecule is CC(C)CCNC(=O)[C@@]1(C)Cn2c(cc3ccccc32)C(=O)N1c1cccc(Cl)c1. The molecule has 2 heterocycles. The number of nitrogens with one attached hydrogen (secondary N) is 1. The van der Waals surface area contributed by atoms with Crippen molar-refractivity contribution >= 4 is 40.0 Å². The summed E-state index contributed by atoms with van der Waals surface area (Å²) in [4.78, 5) is 28.7. The van der Waals surface area contributed by atoms with Gasteiger partial charge in [-0.15, -0.1) is 0 Å². The zero-order chi connectivity index (χ0) is 21.5. The fraction of sp³-hybridized carbons (Fsp3) is 0.333. The number of aromatic nitrogens is 1. The van der Waals surface area contributed by atoms with Crippen molar-refractivity contribution in [3.63, 3.8) is 0 Å². The summed E-state index contributed by atoms with van der Waals surface area (Å²) in [6.45, 7) is 7.00. The standard InChI is InChI=1S/C24H26ClN3O2/c1-16(2)11-12-26-23(30)24(3)15-27-20-10-5-4-7-17(20)13-21(27)22(29)28(24)19-9-6-8-18(25)14-19/h4-10,13-14,16H,11-12,15H2,1-3H3,(H,26,30)/t24-/m1/s1. The predicted octanol–water partition coefficient (Wildman–Crippen LogP) is 4.88. The Kier molecular flexibility index (Phi) is 5.33. The molecule has 1 aliphatic heterocycles. The van der Waals surface area contributed by atoms with Crippen molar-refractivity contribution in [2.75, 3.05) is 11.4 Å². The molecule has 0 spiro atoms. The molecule has 30 heavy (non-hydrogen) atoms. The summed E-state index contributed by atoms with van der Waals surface area (Å²) in [5.74, 6) is 0.108. The second-order valence-corrected chi connectivity index (χ2v) is 8.94. The number of amides is 2. The number of halogens is 1. The first-order valence-electron chi connectivity index (χ1n) is 10.3. The minimum absolute atomic E-state index is 0.167. The van der Waals surface area contributed by atoms with E-state index in [4.69, 9.17) is 11.6 Å². The average molecular weight is 424 g/mol. The van der Waals surface area contributed by atoms with Gasteiger partial charge in [0, 0.05) is 28.2 Å². The summed E-state index contributed by atoms with van der Waals surface area (Å²) in [5.41, 5.74) is 1.05. The molecule has 1 aliphatic rings. The van der Waals surface area contributed by atoms with Crippen molar-refractivity contribution in [3.8, 4) is 0 Å². The third kappa shape index (κ3) is 3.47. The van der Waals surface area contributed by atoms with E-state index in [1.165, 1.54) is 0 Å². The first kappa shape index (κ1) is 20.5. The molecule has 6 heteroatoms. The lowest BCUT2D eigenvalue weighted by atomic mass is 9.93. The fourth-order valence-electron chi connectivity index (χ4n) is 4.13. The van der Waals surface area contributed by atoms with E-state index in [1.807, 2.05) is 47.9 Å². The molecule has 1 atom stereocenters. The van der Waals surface area contributed by atoms with Gasteiger partial charge in [-0.3, -0.25) is 14.5 Å². The Morgan fingerprint density at radius 2 is 1.93 bits per heavy atom. The number of fused-ring (bicyclic) bond motifs is 3. The Morgan fingerprint density at radius 3 is 2.67 bits per heavy atom. The highest BCUT2D eigenvalue weighted by atomic mass is 35.5. The van der Waals surface area contributed by atoms with Crippen LogP contribution < -0.4 is 10.2 Å². The molecule has 0 aliphatic carbocycles. The van der Waals surface area contributed by atoms with Crippen molar-refractivity contribution in [1.82, 2.24) is 9.88 Å². The highest BCUT2D eigenvalue weighted by molar-refractivity contribution is 6.31. The Bertz CT molecular complexity index is 1120. The summed E-state index contributed by atoms with van der Waals surface area (Å²) in [7, 11) is 0. The Hall–Kier alpha value is -2.79. The zero-order valence-electron chi connectivity index (χ0n) is 17.5. The van der Waals surface area contributed by atoms with Gasteiger partial charge in [-0.2, -0.15) is 0 Å². The van der Waals surface area contributed by atoms with Crippen molar-refractivity contribution in [1.29, 1.82) is 0 Å². The maximum Gasteiger partial charge on any atom is 0.275 e. The molecular weight excluding hydrogens is 398 g/mol. The molecule has 4 rings (SSSR count). The van der Waals surface area contributed by atoms with Gasteiger partial charge in [0.05, 0.1) is 6.54 Å². The molecule has 0 saturated heterocycles. The monoisotopic (exact) mass is 423 g/mol. The topological polar surface area (TPSA) is 54.3 Å². The Morgan fingerprint density at radius 1 is 1.17 bits per heavy atom. The van der Waals surface area contributed by atoms with Crippen LogP contribution in [0.15, 0.2) is 54.6 Å². The summed E-state index contributed by atoms with van der Waals surface area (Å²) in [5, 5.41) is 4.56. The van der Waals surface area contributed by atoms with Crippen LogP contribution in [0.3, 0.4) is 0 Å². The molecule has 156 valence electrons. The number of nitrogens with zero attached hydrogens (tertiary/aromatic N) is 2. The van der Waals surface area contributed by atoms with Crippen molar-refractivity contribution in [2.24, 2.45) is 5.92 Å². The minimum atomic E-state index is -1.09. The minimum Gasteiger partial charge on any atom is -0.354 e. The zero-order valence-corrected chi connectivity index (χ0v) is 18.2. The molecule has 2 aromatic carbocycles. The number of benzene rings is 2. The highest BCUT2D eigenvalue weighted by Gasteiger charge is 2.48. The van der Waals surface area contributed by atoms with Gasteiger partial charge in [0.25, 0.3) is 5.91 Å². The van der Waals surface area contributed by atoms with Crippen LogP contribution in [0.5, 0.6) is 0 Å². The normalized spacial score (nSPS) is 18.7. The van der Waals surface area contributed by atoms with Crippen LogP contribution in [0.25, 0.3) is 10.9 Å². The molecule has 5 nitrogen and oxygen atoms in total. The van der Waals surface area contributed by atoms with Crippen molar-refractivity contribution in [3.05, 3.63) is 65.3 Å². The number of carbonyl (C=O) groups is 2. The van der Waals surface area contributed by atoms with Gasteiger partial charge in [0.2, 0.25) is 5.91 Å². The lowest BCUT2D eigenvalue weighted by Gasteiger charge is -2.44. The van der Waals surface area contributed by atoms with Crippen LogP contribution in [0.4, 0.5) is 5.69 Å². The average Bonchev–Trinajstić information content (AvgIpc) is 3.06. The Balaban J connectivity index is 1.82. The first-order valence-corrected chi connectivity index (χ1v) is 10.7. The summed E-state index contributed by atoms with van der Waals surface area (Å²) in [6, 6.07) is 16.9. The summed E-state index contributed by atoms with van der Waals surface area (Å²) >= 11 is 6.22. The van der Waals surface area contributed by atoms with Gasteiger partial charge in [-0.05, 0) is 49.6 Å². The third-order valence-electron chi connectivity index (χ3n) is 5.76. The second-order valence-electron chi connectivity index (χ2n) is 8.51. The van der Waals surface area contributed by atoms with Crippen LogP contribution >= 0.6 is 11.6 Å². The molecule has 0 radical (unpaired) electrons. The van der Waals surface area contributed by atoms with Gasteiger partial charge in [0.15, 0.2) is 0 Å². The van der Waals surface area contributed by atoms with E-state index in [2.05, 4.69) is 19.2 Å². The van der Waals surface area contributed by atoms with Crippen LogP contribution in [-0.4, -0.2) is 28.5 Å². The number of rotatable bonds is 5. The largest absolute Gasteiger partial charge is 0.354 e. The molecule has 2 amide bonds. The van der Waals surface area contributed by atoms with Gasteiger partial charge < -0.3 is 9.88 Å². The molecule has 0 unspecified atom stereocenters. The smallest absolute Gasteiger partial charge is 0.275 e. The van der Waals surface area contributed by atoms with E-state index in [-0.39, 0.29) is 11.8 Å². The summed E-state index contributed by atoms with van der Waals surface area (Å²) in [6.07, 6.45) is 0.880. The van der Waals surface area contributed by atoms with Crippen LogP contribution in [0.1, 0.15) is 37.7 Å². The number of hydrogen-bond donors (Lipinski definition) is 1. The van der Waals surface area contributed by atoms with Gasteiger partial charge in [0.1, 0.15) is 11.2 Å². The van der Waals surface area contributed by atoms with Crippen LogP contribution in [0.2, 0.25) is 5.02 Å². The van der Waals surface area contributed by atoms with Crippen molar-refractivity contribution < 1.29 is 9.59 Å². The number of para-hydroxylation sites is 1. The van der Waals surface area contributed by atoms with Crippen LogP contribution in [-0.2, 0) is 11.3 Å². The first-order chi connectivity index (χ1) is 14.3. The third-order valence-corrected chi connectivity index (χ3v) is 5.99. The molecule has 1 N–H and O–H groups in total. The number of carbonyl (C=O) groups excluding carboxylic acids is 2. The highest BCUT2D eigenvalue weighted by Crippen LogP contribution is 2.36. The van der Waals surface area contributed by atoms with E-state index >= 15 is 0 Å². The van der Waals surface area contributed by atoms with E-state index in [0.29, 0.717) is 35.4 Å². The molecule has 0 saturated carbocycles. The van der Waals surface area contributed by atoms with E-state index in [0.717, 1.165) is 17.3 Å². The van der Waals surface area contributed by atoms with E-state index in [1.54, 1.807) is 23.1 Å². The predicted molar refractivity (Wildman–Crippen MR) is 121 cm³/mol. The molecule has 0 bridgehead atoms. The van der Waals surface area contributed by atoms with E-state index in [9.17, 15) is 9.59 Å². The number of anilines is 1.